The first kappa shape index (κ1) is 21.8. The van der Waals surface area contributed by atoms with Crippen LogP contribution in [0.4, 0.5) is 14.5 Å². The van der Waals surface area contributed by atoms with E-state index in [1.165, 1.54) is 36.7 Å². The van der Waals surface area contributed by atoms with Gasteiger partial charge in [0.2, 0.25) is 0 Å². The molecule has 2 heterocycles. The van der Waals surface area contributed by atoms with Crippen molar-refractivity contribution in [3.8, 4) is 0 Å². The number of alkyl halides is 2. The van der Waals surface area contributed by atoms with E-state index in [0.717, 1.165) is 25.8 Å². The molecule has 0 aromatic carbocycles. The van der Waals surface area contributed by atoms with Gasteiger partial charge in [-0.05, 0) is 49.5 Å². The number of pyridine rings is 1. The van der Waals surface area contributed by atoms with Gasteiger partial charge < -0.3 is 5.32 Å². The summed E-state index contributed by atoms with van der Waals surface area (Å²) in [6.45, 7) is 4.63. The van der Waals surface area contributed by atoms with Crippen LogP contribution in [0.15, 0.2) is 23.4 Å². The van der Waals surface area contributed by atoms with Gasteiger partial charge in [-0.25, -0.2) is 18.5 Å². The van der Waals surface area contributed by atoms with E-state index in [-0.39, 0.29) is 22.4 Å². The van der Waals surface area contributed by atoms with Crippen LogP contribution in [0.25, 0.3) is 0 Å². The zero-order valence-corrected chi connectivity index (χ0v) is 18.4. The molecule has 2 saturated carbocycles. The average Bonchev–Trinajstić information content (AvgIpc) is 3.29. The van der Waals surface area contributed by atoms with Gasteiger partial charge in [-0.15, -0.1) is 0 Å². The largest absolute Gasteiger partial charge is 0.321 e. The number of carbonyl (C=O) groups excluding carboxylic acids is 1. The summed E-state index contributed by atoms with van der Waals surface area (Å²) >= 11 is 0. The first-order valence-electron chi connectivity index (χ1n) is 9.97. The molecule has 0 radical (unpaired) electrons. The highest BCUT2D eigenvalue weighted by Crippen LogP contribution is 2.68. The molecule has 2 aromatic rings. The van der Waals surface area contributed by atoms with Crippen molar-refractivity contribution >= 4 is 21.6 Å². The third-order valence-corrected chi connectivity index (χ3v) is 7.00. The number of primary sulfonamides is 1. The number of nitrogens with zero attached hydrogens (tertiary/aromatic N) is 3. The Balaban J connectivity index is 1.66. The Morgan fingerprint density at radius 2 is 2.00 bits per heavy atom. The molecule has 0 bridgehead atoms. The summed E-state index contributed by atoms with van der Waals surface area (Å²) in [6.07, 6.45) is 5.55. The Kier molecular flexibility index (Phi) is 4.78. The lowest BCUT2D eigenvalue weighted by atomic mass is 9.60. The fourth-order valence-corrected chi connectivity index (χ4v) is 5.47. The number of carbonyl (C=O) groups is 1. The van der Waals surface area contributed by atoms with Crippen LogP contribution in [-0.4, -0.2) is 29.1 Å². The van der Waals surface area contributed by atoms with Crippen LogP contribution < -0.4 is 10.5 Å². The molecule has 4 rings (SSSR count). The van der Waals surface area contributed by atoms with Crippen LogP contribution in [0.2, 0.25) is 0 Å². The first-order valence-corrected chi connectivity index (χ1v) is 11.5. The van der Waals surface area contributed by atoms with Gasteiger partial charge in [-0.1, -0.05) is 6.92 Å². The zero-order valence-electron chi connectivity index (χ0n) is 17.6. The molecule has 11 heteroatoms. The smallest absolute Gasteiger partial charge is 0.289 e. The van der Waals surface area contributed by atoms with Gasteiger partial charge >= 0.3 is 0 Å². The van der Waals surface area contributed by atoms with Crippen molar-refractivity contribution in [2.24, 2.45) is 16.0 Å². The highest BCUT2D eigenvalue weighted by molar-refractivity contribution is 7.89. The molecule has 2 aliphatic carbocycles. The monoisotopic (exact) mass is 453 g/mol. The molecule has 0 atom stereocenters. The molecule has 0 aliphatic heterocycles. The van der Waals surface area contributed by atoms with Gasteiger partial charge in [0, 0.05) is 37.0 Å². The van der Waals surface area contributed by atoms with Gasteiger partial charge in [-0.3, -0.25) is 9.48 Å². The van der Waals surface area contributed by atoms with Crippen LogP contribution in [0.3, 0.4) is 0 Å². The Morgan fingerprint density at radius 3 is 2.55 bits per heavy atom. The number of hydrogen-bond acceptors (Lipinski definition) is 5. The molecule has 0 saturated heterocycles. The molecule has 2 aliphatic rings. The van der Waals surface area contributed by atoms with E-state index in [1.54, 1.807) is 0 Å². The Morgan fingerprint density at radius 1 is 1.35 bits per heavy atom. The van der Waals surface area contributed by atoms with E-state index in [0.29, 0.717) is 12.0 Å². The number of sulfonamides is 1. The normalized spacial score (nSPS) is 19.2. The number of hydrogen-bond donors (Lipinski definition) is 2. The molecule has 31 heavy (non-hydrogen) atoms. The summed E-state index contributed by atoms with van der Waals surface area (Å²) in [5.41, 5.74) is 0.104. The SMILES string of the molecule is Cc1c(C(C)(F)F)nn(CC2(C)CC3(CC3)C2)c1C(=O)Nc1ccnc(S(N)(=O)=O)c1. The lowest BCUT2D eigenvalue weighted by Gasteiger charge is -2.46. The van der Waals surface area contributed by atoms with Crippen molar-refractivity contribution in [3.05, 3.63) is 35.3 Å². The maximum absolute atomic E-state index is 14.1. The summed E-state index contributed by atoms with van der Waals surface area (Å²) in [4.78, 5) is 16.7. The summed E-state index contributed by atoms with van der Waals surface area (Å²) < 4.78 is 52.7. The Hall–Kier alpha value is -2.40. The Bertz CT molecular complexity index is 1160. The number of anilines is 1. The quantitative estimate of drug-likeness (QED) is 0.696. The molecule has 1 amide bonds. The van der Waals surface area contributed by atoms with E-state index >= 15 is 0 Å². The lowest BCUT2D eigenvalue weighted by Crippen LogP contribution is -2.40. The minimum Gasteiger partial charge on any atom is -0.321 e. The number of rotatable bonds is 6. The fourth-order valence-electron chi connectivity index (χ4n) is 4.97. The third kappa shape index (κ3) is 4.20. The summed E-state index contributed by atoms with van der Waals surface area (Å²) in [5.74, 6) is -3.86. The first-order chi connectivity index (χ1) is 14.2. The molecule has 0 unspecified atom stereocenters. The molecule has 2 fully saturated rings. The van der Waals surface area contributed by atoms with Gasteiger partial charge in [0.05, 0.1) is 0 Å². The number of nitrogens with one attached hydrogen (secondary N) is 1. The summed E-state index contributed by atoms with van der Waals surface area (Å²) in [6, 6.07) is 2.50. The van der Waals surface area contributed by atoms with Crippen LogP contribution in [0, 0.1) is 17.8 Å². The van der Waals surface area contributed by atoms with Crippen LogP contribution in [0.5, 0.6) is 0 Å². The van der Waals surface area contributed by atoms with Gasteiger partial charge in [0.15, 0.2) is 5.03 Å². The highest BCUT2D eigenvalue weighted by Gasteiger charge is 2.58. The molecular weight excluding hydrogens is 428 g/mol. The second kappa shape index (κ2) is 6.80. The van der Waals surface area contributed by atoms with Crippen molar-refractivity contribution < 1.29 is 22.0 Å². The maximum atomic E-state index is 14.1. The lowest BCUT2D eigenvalue weighted by molar-refractivity contribution is 0.00834. The van der Waals surface area contributed by atoms with Crippen molar-refractivity contribution in [3.63, 3.8) is 0 Å². The summed E-state index contributed by atoms with van der Waals surface area (Å²) in [7, 11) is -4.06. The minimum atomic E-state index is -4.06. The second-order valence-corrected chi connectivity index (χ2v) is 10.9. The van der Waals surface area contributed by atoms with Gasteiger partial charge in [0.25, 0.3) is 21.9 Å². The topological polar surface area (TPSA) is 120 Å². The number of halogens is 2. The number of amides is 1. The van der Waals surface area contributed by atoms with E-state index in [9.17, 15) is 22.0 Å². The van der Waals surface area contributed by atoms with Crippen molar-refractivity contribution in [1.82, 2.24) is 14.8 Å². The standard InChI is InChI=1S/C20H25F2N5O3S/c1-12-15(17(28)25-13-4-7-24-14(8-13)31(23,29)30)27(26-16(12)19(3,21)22)11-18(2)9-20(10-18)5-6-20/h4,7-8H,5-6,9-11H2,1-3H3,(H2,23,29,30)(H,24,25,28). The van der Waals surface area contributed by atoms with E-state index in [2.05, 4.69) is 22.3 Å². The molecule has 3 N–H and O–H groups in total. The highest BCUT2D eigenvalue weighted by atomic mass is 32.2. The minimum absolute atomic E-state index is 0.0310. The van der Waals surface area contributed by atoms with Crippen LogP contribution in [0.1, 0.15) is 61.3 Å². The van der Waals surface area contributed by atoms with Crippen LogP contribution in [-0.2, 0) is 22.5 Å². The predicted octanol–water partition coefficient (Wildman–Crippen LogP) is 3.18. The summed E-state index contributed by atoms with van der Waals surface area (Å²) in [5, 5.41) is 11.4. The van der Waals surface area contributed by atoms with Crippen molar-refractivity contribution in [1.29, 1.82) is 0 Å². The van der Waals surface area contributed by atoms with Gasteiger partial charge in [0.1, 0.15) is 11.4 Å². The molecular formula is C20H25F2N5O3S. The second-order valence-electron chi connectivity index (χ2n) is 9.41. The van der Waals surface area contributed by atoms with Crippen LogP contribution >= 0.6 is 0 Å². The number of aromatic nitrogens is 3. The van der Waals surface area contributed by atoms with Crippen molar-refractivity contribution in [2.45, 2.75) is 63.9 Å². The predicted molar refractivity (Wildman–Crippen MR) is 109 cm³/mol. The molecule has 168 valence electrons. The van der Waals surface area contributed by atoms with E-state index in [4.69, 9.17) is 5.14 Å². The molecule has 8 nitrogen and oxygen atoms in total. The average molecular weight is 454 g/mol. The van der Waals surface area contributed by atoms with Gasteiger partial charge in [-0.2, -0.15) is 13.9 Å². The Labute approximate surface area is 179 Å². The molecule has 1 spiro atoms. The fraction of sp³-hybridized carbons (Fsp3) is 0.550. The number of nitrogens with two attached hydrogens (primary N) is 1. The van der Waals surface area contributed by atoms with E-state index in [1.807, 2.05) is 0 Å². The van der Waals surface area contributed by atoms with Crippen molar-refractivity contribution in [2.75, 3.05) is 5.32 Å². The third-order valence-electron chi connectivity index (χ3n) is 6.20. The zero-order chi connectivity index (χ0) is 22.8. The van der Waals surface area contributed by atoms with E-state index < -0.39 is 32.6 Å². The molecule has 2 aromatic heterocycles. The maximum Gasteiger partial charge on any atom is 0.289 e.